The Hall–Kier alpha value is -1.76. The second-order valence-corrected chi connectivity index (χ2v) is 5.69. The molecule has 0 unspecified atom stereocenters. The molecule has 1 nitrogen and oxygen atoms in total. The molecule has 0 spiro atoms. The molecule has 2 rings (SSSR count). The molecule has 0 amide bonds. The molecule has 2 aromatic carbocycles. The van der Waals surface area contributed by atoms with Crippen LogP contribution in [0.1, 0.15) is 33.4 Å². The molecule has 1 heteroatoms. The Kier molecular flexibility index (Phi) is 5.82. The Labute approximate surface area is 124 Å². The summed E-state index contributed by atoms with van der Waals surface area (Å²) < 4.78 is 0. The number of anilines is 1. The van der Waals surface area contributed by atoms with Crippen molar-refractivity contribution in [1.82, 2.24) is 0 Å². The van der Waals surface area contributed by atoms with E-state index in [2.05, 4.69) is 77.2 Å². The third-order valence-electron chi connectivity index (χ3n) is 3.29. The van der Waals surface area contributed by atoms with Gasteiger partial charge in [-0.3, -0.25) is 0 Å². The monoisotopic (exact) mass is 269 g/mol. The lowest BCUT2D eigenvalue weighted by atomic mass is 10.1. The SMILES string of the molecule is CNc1c(C)cc(C)cc1C.Cc1cc(C)cc(C)c1. The van der Waals surface area contributed by atoms with Gasteiger partial charge in [0.15, 0.2) is 0 Å². The van der Waals surface area contributed by atoms with E-state index in [-0.39, 0.29) is 0 Å². The predicted molar refractivity (Wildman–Crippen MR) is 90.9 cm³/mol. The number of hydrogen-bond donors (Lipinski definition) is 1. The third kappa shape index (κ3) is 4.73. The van der Waals surface area contributed by atoms with Crippen molar-refractivity contribution in [2.75, 3.05) is 12.4 Å². The molecule has 108 valence electrons. The Morgan fingerprint density at radius 1 is 0.550 bits per heavy atom. The van der Waals surface area contributed by atoms with E-state index in [1.165, 1.54) is 39.1 Å². The van der Waals surface area contributed by atoms with E-state index in [1.54, 1.807) is 0 Å². The van der Waals surface area contributed by atoms with Crippen molar-refractivity contribution in [2.45, 2.75) is 41.5 Å². The summed E-state index contributed by atoms with van der Waals surface area (Å²) in [6.45, 7) is 12.8. The molecule has 0 heterocycles. The van der Waals surface area contributed by atoms with Gasteiger partial charge in [0.1, 0.15) is 0 Å². The van der Waals surface area contributed by atoms with E-state index in [9.17, 15) is 0 Å². The molecule has 0 atom stereocenters. The lowest BCUT2D eigenvalue weighted by Gasteiger charge is -2.09. The van der Waals surface area contributed by atoms with Gasteiger partial charge in [-0.2, -0.15) is 0 Å². The summed E-state index contributed by atoms with van der Waals surface area (Å²) in [7, 11) is 1.96. The second kappa shape index (κ2) is 7.14. The van der Waals surface area contributed by atoms with Crippen LogP contribution in [0.3, 0.4) is 0 Å². The zero-order chi connectivity index (χ0) is 15.3. The Bertz CT molecular complexity index is 509. The smallest absolute Gasteiger partial charge is 0.0397 e. The standard InChI is InChI=1S/C10H15N.C9H12/c1-7-5-8(2)10(11-4)9(3)6-7;1-7-4-8(2)6-9(3)5-7/h5-6,11H,1-4H3;4-6H,1-3H3. The van der Waals surface area contributed by atoms with Crippen LogP contribution < -0.4 is 5.32 Å². The number of hydrogen-bond acceptors (Lipinski definition) is 1. The summed E-state index contributed by atoms with van der Waals surface area (Å²) in [5.74, 6) is 0. The molecule has 0 saturated heterocycles. The molecule has 0 aliphatic heterocycles. The fourth-order valence-corrected chi connectivity index (χ4v) is 2.78. The van der Waals surface area contributed by atoms with Crippen LogP contribution in [0.2, 0.25) is 0 Å². The van der Waals surface area contributed by atoms with Crippen LogP contribution in [0, 0.1) is 41.5 Å². The van der Waals surface area contributed by atoms with Crippen LogP contribution in [-0.4, -0.2) is 7.05 Å². The topological polar surface area (TPSA) is 12.0 Å². The first-order valence-electron chi connectivity index (χ1n) is 7.14. The van der Waals surface area contributed by atoms with Crippen LogP contribution >= 0.6 is 0 Å². The van der Waals surface area contributed by atoms with Crippen LogP contribution in [0.5, 0.6) is 0 Å². The molecule has 20 heavy (non-hydrogen) atoms. The van der Waals surface area contributed by atoms with E-state index in [4.69, 9.17) is 0 Å². The first-order chi connectivity index (χ1) is 9.33. The van der Waals surface area contributed by atoms with Crippen molar-refractivity contribution in [1.29, 1.82) is 0 Å². The van der Waals surface area contributed by atoms with Crippen LogP contribution in [0.15, 0.2) is 30.3 Å². The Morgan fingerprint density at radius 2 is 0.850 bits per heavy atom. The van der Waals surface area contributed by atoms with E-state index in [0.717, 1.165) is 0 Å². The van der Waals surface area contributed by atoms with Crippen molar-refractivity contribution in [3.63, 3.8) is 0 Å². The predicted octanol–water partition coefficient (Wildman–Crippen LogP) is 5.27. The van der Waals surface area contributed by atoms with Gasteiger partial charge < -0.3 is 5.32 Å². The first kappa shape index (κ1) is 16.3. The summed E-state index contributed by atoms with van der Waals surface area (Å²) in [5.41, 5.74) is 9.30. The first-order valence-corrected chi connectivity index (χ1v) is 7.14. The highest BCUT2D eigenvalue weighted by Crippen LogP contribution is 2.20. The van der Waals surface area contributed by atoms with E-state index >= 15 is 0 Å². The summed E-state index contributed by atoms with van der Waals surface area (Å²) >= 11 is 0. The molecule has 0 aliphatic rings. The quantitative estimate of drug-likeness (QED) is 0.744. The molecule has 2 aromatic rings. The fourth-order valence-electron chi connectivity index (χ4n) is 2.78. The Morgan fingerprint density at radius 3 is 1.15 bits per heavy atom. The molecular formula is C19H27N. The number of benzene rings is 2. The zero-order valence-electron chi connectivity index (χ0n) is 13.9. The van der Waals surface area contributed by atoms with Gasteiger partial charge in [0, 0.05) is 12.7 Å². The summed E-state index contributed by atoms with van der Waals surface area (Å²) in [6.07, 6.45) is 0. The Balaban J connectivity index is 0.000000204. The highest BCUT2D eigenvalue weighted by molar-refractivity contribution is 5.57. The fraction of sp³-hybridized carbons (Fsp3) is 0.368. The maximum absolute atomic E-state index is 3.19. The van der Waals surface area contributed by atoms with Gasteiger partial charge in [0.25, 0.3) is 0 Å². The van der Waals surface area contributed by atoms with Gasteiger partial charge in [-0.15, -0.1) is 0 Å². The summed E-state index contributed by atoms with van der Waals surface area (Å²) in [4.78, 5) is 0. The summed E-state index contributed by atoms with van der Waals surface area (Å²) in [5, 5.41) is 3.19. The average Bonchev–Trinajstić information content (AvgIpc) is 2.26. The van der Waals surface area contributed by atoms with Crippen molar-refractivity contribution in [3.8, 4) is 0 Å². The minimum absolute atomic E-state index is 1.26. The zero-order valence-corrected chi connectivity index (χ0v) is 13.9. The normalized spacial score (nSPS) is 9.75. The maximum Gasteiger partial charge on any atom is 0.0397 e. The number of nitrogens with one attached hydrogen (secondary N) is 1. The van der Waals surface area contributed by atoms with Crippen LogP contribution in [0.4, 0.5) is 5.69 Å². The maximum atomic E-state index is 3.19. The lowest BCUT2D eigenvalue weighted by Crippen LogP contribution is -1.95. The largest absolute Gasteiger partial charge is 0.388 e. The van der Waals surface area contributed by atoms with E-state index < -0.39 is 0 Å². The molecular weight excluding hydrogens is 242 g/mol. The lowest BCUT2D eigenvalue weighted by molar-refractivity contribution is 1.29. The molecule has 0 aromatic heterocycles. The minimum Gasteiger partial charge on any atom is -0.388 e. The average molecular weight is 269 g/mol. The molecule has 0 radical (unpaired) electrons. The molecule has 1 N–H and O–H groups in total. The van der Waals surface area contributed by atoms with Gasteiger partial charge >= 0.3 is 0 Å². The summed E-state index contributed by atoms with van der Waals surface area (Å²) in [6, 6.07) is 10.9. The van der Waals surface area contributed by atoms with Gasteiger partial charge in [-0.25, -0.2) is 0 Å². The van der Waals surface area contributed by atoms with Gasteiger partial charge in [-0.05, 0) is 52.7 Å². The number of aryl methyl sites for hydroxylation is 6. The van der Waals surface area contributed by atoms with Crippen molar-refractivity contribution >= 4 is 5.69 Å². The molecule has 0 fully saturated rings. The highest BCUT2D eigenvalue weighted by Gasteiger charge is 1.99. The molecule has 0 bridgehead atoms. The van der Waals surface area contributed by atoms with E-state index in [0.29, 0.717) is 0 Å². The van der Waals surface area contributed by atoms with Crippen LogP contribution in [-0.2, 0) is 0 Å². The van der Waals surface area contributed by atoms with Crippen molar-refractivity contribution in [2.24, 2.45) is 0 Å². The third-order valence-corrected chi connectivity index (χ3v) is 3.29. The van der Waals surface area contributed by atoms with Crippen LogP contribution in [0.25, 0.3) is 0 Å². The second-order valence-electron chi connectivity index (χ2n) is 5.69. The van der Waals surface area contributed by atoms with Crippen molar-refractivity contribution < 1.29 is 0 Å². The van der Waals surface area contributed by atoms with Gasteiger partial charge in [0.05, 0.1) is 0 Å². The minimum atomic E-state index is 1.26. The van der Waals surface area contributed by atoms with E-state index in [1.807, 2.05) is 7.05 Å². The molecule has 0 saturated carbocycles. The van der Waals surface area contributed by atoms with Gasteiger partial charge in [-0.1, -0.05) is 52.6 Å². The molecule has 0 aliphatic carbocycles. The van der Waals surface area contributed by atoms with Gasteiger partial charge in [0.2, 0.25) is 0 Å². The van der Waals surface area contributed by atoms with Crippen molar-refractivity contribution in [3.05, 3.63) is 63.7 Å². The number of rotatable bonds is 1. The highest BCUT2D eigenvalue weighted by atomic mass is 14.8.